The average Bonchev–Trinajstić information content (AvgIpc) is 3.07. The first-order valence-corrected chi connectivity index (χ1v) is 8.80. The third-order valence-electron chi connectivity index (χ3n) is 4.13. The summed E-state index contributed by atoms with van der Waals surface area (Å²) in [6, 6.07) is 15.4. The van der Waals surface area contributed by atoms with Crippen LogP contribution in [0.5, 0.6) is 5.75 Å². The summed E-state index contributed by atoms with van der Waals surface area (Å²) in [6.45, 7) is 0.461. The van der Waals surface area contributed by atoms with Gasteiger partial charge in [0.1, 0.15) is 5.75 Å². The first-order chi connectivity index (χ1) is 11.2. The van der Waals surface area contributed by atoms with Gasteiger partial charge in [-0.2, -0.15) is 0 Å². The maximum absolute atomic E-state index is 12.3. The largest absolute Gasteiger partial charge is 0.490 e. The average molecular weight is 374 g/mol. The highest BCUT2D eigenvalue weighted by Crippen LogP contribution is 2.26. The number of rotatable bonds is 5. The predicted molar refractivity (Wildman–Crippen MR) is 94.6 cm³/mol. The molecule has 120 valence electrons. The highest BCUT2D eigenvalue weighted by Gasteiger charge is 2.18. The SMILES string of the molecule is O=C(NCc1ccccc1OC1CCCC1)c1ccccc1Br. The normalized spacial score (nSPS) is 14.7. The summed E-state index contributed by atoms with van der Waals surface area (Å²) in [7, 11) is 0. The quantitative estimate of drug-likeness (QED) is 0.824. The Hall–Kier alpha value is -1.81. The number of nitrogens with one attached hydrogen (secondary N) is 1. The highest BCUT2D eigenvalue weighted by molar-refractivity contribution is 9.10. The standard InChI is InChI=1S/C19H20BrNO2/c20-17-11-5-4-10-16(17)19(22)21-13-14-7-1-6-12-18(14)23-15-8-2-3-9-15/h1,4-7,10-12,15H,2-3,8-9,13H2,(H,21,22). The van der Waals surface area contributed by atoms with E-state index in [4.69, 9.17) is 4.74 Å². The molecule has 0 radical (unpaired) electrons. The molecule has 2 aromatic carbocycles. The minimum atomic E-state index is -0.0897. The number of halogens is 1. The Kier molecular flexibility index (Phi) is 5.34. The fourth-order valence-corrected chi connectivity index (χ4v) is 3.33. The van der Waals surface area contributed by atoms with Gasteiger partial charge in [0, 0.05) is 16.6 Å². The van der Waals surface area contributed by atoms with Crippen LogP contribution in [-0.2, 0) is 6.54 Å². The molecule has 1 N–H and O–H groups in total. The molecule has 1 saturated carbocycles. The van der Waals surface area contributed by atoms with Gasteiger partial charge in [0.2, 0.25) is 0 Å². The van der Waals surface area contributed by atoms with E-state index >= 15 is 0 Å². The van der Waals surface area contributed by atoms with Crippen LogP contribution in [0.3, 0.4) is 0 Å². The number of amides is 1. The van der Waals surface area contributed by atoms with E-state index in [0.29, 0.717) is 18.2 Å². The first kappa shape index (κ1) is 16.1. The molecule has 0 unspecified atom stereocenters. The van der Waals surface area contributed by atoms with Gasteiger partial charge < -0.3 is 10.1 Å². The first-order valence-electron chi connectivity index (χ1n) is 8.01. The van der Waals surface area contributed by atoms with Crippen molar-refractivity contribution in [2.24, 2.45) is 0 Å². The Morgan fingerprint density at radius 3 is 2.57 bits per heavy atom. The summed E-state index contributed by atoms with van der Waals surface area (Å²) in [4.78, 5) is 12.3. The van der Waals surface area contributed by atoms with Crippen LogP contribution in [0.15, 0.2) is 53.0 Å². The molecule has 2 aromatic rings. The third-order valence-corrected chi connectivity index (χ3v) is 4.82. The van der Waals surface area contributed by atoms with E-state index in [9.17, 15) is 4.79 Å². The Balaban J connectivity index is 1.66. The molecule has 1 fully saturated rings. The van der Waals surface area contributed by atoms with Gasteiger partial charge in [-0.3, -0.25) is 4.79 Å². The number of benzene rings is 2. The van der Waals surface area contributed by atoms with E-state index in [1.807, 2.05) is 42.5 Å². The zero-order valence-corrected chi connectivity index (χ0v) is 14.5. The van der Waals surface area contributed by atoms with Crippen LogP contribution in [-0.4, -0.2) is 12.0 Å². The van der Waals surface area contributed by atoms with Crippen LogP contribution in [0.2, 0.25) is 0 Å². The van der Waals surface area contributed by atoms with E-state index in [1.165, 1.54) is 12.8 Å². The van der Waals surface area contributed by atoms with Crippen molar-refractivity contribution >= 4 is 21.8 Å². The summed E-state index contributed by atoms with van der Waals surface area (Å²) in [5, 5.41) is 2.97. The molecule has 3 nitrogen and oxygen atoms in total. The summed E-state index contributed by atoms with van der Waals surface area (Å²) in [5.74, 6) is 0.792. The lowest BCUT2D eigenvalue weighted by atomic mass is 10.1. The van der Waals surface area contributed by atoms with Gasteiger partial charge in [-0.15, -0.1) is 0 Å². The molecule has 1 amide bonds. The molecule has 0 bridgehead atoms. The molecule has 0 atom stereocenters. The second-order valence-corrected chi connectivity index (χ2v) is 6.65. The Labute approximate surface area is 145 Å². The molecule has 0 saturated heterocycles. The molecule has 0 aromatic heterocycles. The predicted octanol–water partition coefficient (Wildman–Crippen LogP) is 4.70. The summed E-state index contributed by atoms with van der Waals surface area (Å²) >= 11 is 3.41. The van der Waals surface area contributed by atoms with Crippen molar-refractivity contribution in [3.63, 3.8) is 0 Å². The third kappa shape index (κ3) is 4.14. The van der Waals surface area contributed by atoms with Gasteiger partial charge in [-0.05, 0) is 59.8 Å². The van der Waals surface area contributed by atoms with Crippen LogP contribution in [0.4, 0.5) is 0 Å². The van der Waals surface area contributed by atoms with Crippen LogP contribution in [0, 0.1) is 0 Å². The summed E-state index contributed by atoms with van der Waals surface area (Å²) in [5.41, 5.74) is 1.65. The van der Waals surface area contributed by atoms with Crippen molar-refractivity contribution in [3.05, 3.63) is 64.1 Å². The van der Waals surface area contributed by atoms with Crippen molar-refractivity contribution in [2.45, 2.75) is 38.3 Å². The van der Waals surface area contributed by atoms with Crippen LogP contribution < -0.4 is 10.1 Å². The number of hydrogen-bond donors (Lipinski definition) is 1. The van der Waals surface area contributed by atoms with E-state index in [1.54, 1.807) is 6.07 Å². The molecular formula is C19H20BrNO2. The molecule has 1 aliphatic rings. The lowest BCUT2D eigenvalue weighted by Crippen LogP contribution is -2.24. The molecule has 4 heteroatoms. The van der Waals surface area contributed by atoms with Crippen LogP contribution >= 0.6 is 15.9 Å². The molecule has 0 aliphatic heterocycles. The van der Waals surface area contributed by atoms with Gasteiger partial charge in [-0.1, -0.05) is 30.3 Å². The van der Waals surface area contributed by atoms with Crippen molar-refractivity contribution < 1.29 is 9.53 Å². The Morgan fingerprint density at radius 2 is 1.78 bits per heavy atom. The Morgan fingerprint density at radius 1 is 1.09 bits per heavy atom. The maximum Gasteiger partial charge on any atom is 0.252 e. The monoisotopic (exact) mass is 373 g/mol. The second-order valence-electron chi connectivity index (χ2n) is 5.79. The van der Waals surface area contributed by atoms with Crippen molar-refractivity contribution in [1.29, 1.82) is 0 Å². The number of hydrogen-bond acceptors (Lipinski definition) is 2. The minimum absolute atomic E-state index is 0.0897. The molecule has 0 spiro atoms. The Bertz CT molecular complexity index is 681. The van der Waals surface area contributed by atoms with E-state index in [2.05, 4.69) is 21.2 Å². The molecule has 3 rings (SSSR count). The van der Waals surface area contributed by atoms with Gasteiger partial charge in [0.15, 0.2) is 0 Å². The summed E-state index contributed by atoms with van der Waals surface area (Å²) in [6.07, 6.45) is 5.04. The number of ether oxygens (including phenoxy) is 1. The van der Waals surface area contributed by atoms with E-state index < -0.39 is 0 Å². The van der Waals surface area contributed by atoms with Crippen LogP contribution in [0.25, 0.3) is 0 Å². The molecule has 23 heavy (non-hydrogen) atoms. The molecule has 1 aliphatic carbocycles. The van der Waals surface area contributed by atoms with Gasteiger partial charge >= 0.3 is 0 Å². The van der Waals surface area contributed by atoms with Gasteiger partial charge in [0.05, 0.1) is 11.7 Å². The summed E-state index contributed by atoms with van der Waals surface area (Å²) < 4.78 is 6.91. The smallest absolute Gasteiger partial charge is 0.252 e. The van der Waals surface area contributed by atoms with Gasteiger partial charge in [0.25, 0.3) is 5.91 Å². The fourth-order valence-electron chi connectivity index (χ4n) is 2.87. The molecular weight excluding hydrogens is 354 g/mol. The maximum atomic E-state index is 12.3. The number of carbonyl (C=O) groups is 1. The van der Waals surface area contributed by atoms with Crippen molar-refractivity contribution in [3.8, 4) is 5.75 Å². The second kappa shape index (κ2) is 7.64. The minimum Gasteiger partial charge on any atom is -0.490 e. The number of para-hydroxylation sites is 1. The van der Waals surface area contributed by atoms with Crippen molar-refractivity contribution in [2.75, 3.05) is 0 Å². The van der Waals surface area contributed by atoms with Crippen LogP contribution in [0.1, 0.15) is 41.6 Å². The van der Waals surface area contributed by atoms with E-state index in [-0.39, 0.29) is 5.91 Å². The topological polar surface area (TPSA) is 38.3 Å². The van der Waals surface area contributed by atoms with Gasteiger partial charge in [-0.25, -0.2) is 0 Å². The molecule has 0 heterocycles. The zero-order valence-electron chi connectivity index (χ0n) is 12.9. The van der Waals surface area contributed by atoms with Crippen molar-refractivity contribution in [1.82, 2.24) is 5.32 Å². The fraction of sp³-hybridized carbons (Fsp3) is 0.316. The zero-order chi connectivity index (χ0) is 16.1. The van der Waals surface area contributed by atoms with E-state index in [0.717, 1.165) is 28.6 Å². The lowest BCUT2D eigenvalue weighted by molar-refractivity contribution is 0.0949. The highest BCUT2D eigenvalue weighted by atomic mass is 79.9. The number of carbonyl (C=O) groups excluding carboxylic acids is 1. The lowest BCUT2D eigenvalue weighted by Gasteiger charge is -2.17.